The summed E-state index contributed by atoms with van der Waals surface area (Å²) >= 11 is 3.53. The van der Waals surface area contributed by atoms with Gasteiger partial charge in [-0.15, -0.1) is 6.58 Å². The fourth-order valence-electron chi connectivity index (χ4n) is 2.83. The Hall–Kier alpha value is -2.86. The molecule has 3 rings (SSSR count). The van der Waals surface area contributed by atoms with E-state index in [-0.39, 0.29) is 11.8 Å². The van der Waals surface area contributed by atoms with Crippen molar-refractivity contribution in [3.8, 4) is 0 Å². The van der Waals surface area contributed by atoms with E-state index in [1.807, 2.05) is 35.9 Å². The van der Waals surface area contributed by atoms with Crippen LogP contribution in [0, 0.1) is 0 Å². The lowest BCUT2D eigenvalue weighted by Gasteiger charge is -2.11. The largest absolute Gasteiger partial charge is 0.349 e. The van der Waals surface area contributed by atoms with Gasteiger partial charge in [0, 0.05) is 24.5 Å². The molecular weight excluding hydrogens is 394 g/mol. The van der Waals surface area contributed by atoms with Crippen molar-refractivity contribution in [3.63, 3.8) is 0 Å². The van der Waals surface area contributed by atoms with E-state index >= 15 is 0 Å². The van der Waals surface area contributed by atoms with Crippen LogP contribution >= 0.6 is 15.9 Å². The third kappa shape index (κ3) is 3.28. The first-order valence-electron chi connectivity index (χ1n) is 8.07. The molecule has 0 saturated carbocycles. The summed E-state index contributed by atoms with van der Waals surface area (Å²) in [5.41, 5.74) is 2.29. The molecule has 0 bridgehead atoms. The predicted octanol–water partition coefficient (Wildman–Crippen LogP) is 4.11. The molecule has 0 spiro atoms. The number of hydrogen-bond donors (Lipinski definition) is 2. The van der Waals surface area contributed by atoms with E-state index in [0.717, 1.165) is 15.4 Å². The van der Waals surface area contributed by atoms with Crippen LogP contribution in [0.4, 0.5) is 5.69 Å². The van der Waals surface area contributed by atoms with Gasteiger partial charge in [-0.2, -0.15) is 0 Å². The molecule has 0 saturated heterocycles. The Morgan fingerprint density at radius 2 is 1.81 bits per heavy atom. The number of para-hydroxylation sites is 2. The van der Waals surface area contributed by atoms with Crippen molar-refractivity contribution in [3.05, 3.63) is 76.9 Å². The Labute approximate surface area is 159 Å². The van der Waals surface area contributed by atoms with Crippen molar-refractivity contribution < 1.29 is 9.59 Å². The van der Waals surface area contributed by atoms with E-state index in [1.165, 1.54) is 0 Å². The molecule has 132 valence electrons. The molecule has 0 fully saturated rings. The molecule has 0 aliphatic rings. The Kier molecular flexibility index (Phi) is 5.23. The van der Waals surface area contributed by atoms with Crippen molar-refractivity contribution >= 4 is 44.3 Å². The molecule has 3 aromatic rings. The second-order valence-corrected chi connectivity index (χ2v) is 6.53. The second kappa shape index (κ2) is 7.58. The number of hydrogen-bond acceptors (Lipinski definition) is 2. The number of nitrogens with zero attached hydrogens (tertiary/aromatic N) is 1. The van der Waals surface area contributed by atoms with Gasteiger partial charge in [0.2, 0.25) is 0 Å². The SMILES string of the molecule is C=CCNC(=O)c1ccccc1NC(=O)c1c(Br)c2ccccc2n1C. The number of nitrogens with one attached hydrogen (secondary N) is 2. The molecule has 2 aromatic carbocycles. The number of benzene rings is 2. The summed E-state index contributed by atoms with van der Waals surface area (Å²) in [7, 11) is 1.84. The number of anilines is 1. The fraction of sp³-hybridized carbons (Fsp3) is 0.100. The van der Waals surface area contributed by atoms with Crippen LogP contribution < -0.4 is 10.6 Å². The van der Waals surface area contributed by atoms with Crippen LogP contribution in [-0.2, 0) is 7.05 Å². The maximum atomic E-state index is 12.9. The number of amides is 2. The Bertz CT molecular complexity index is 968. The summed E-state index contributed by atoms with van der Waals surface area (Å²) in [6, 6.07) is 14.7. The number of aromatic nitrogens is 1. The van der Waals surface area contributed by atoms with Crippen LogP contribution in [0.2, 0.25) is 0 Å². The molecule has 0 aliphatic heterocycles. The monoisotopic (exact) mass is 411 g/mol. The van der Waals surface area contributed by atoms with Crippen molar-refractivity contribution in [2.75, 3.05) is 11.9 Å². The minimum Gasteiger partial charge on any atom is -0.349 e. The number of carbonyl (C=O) groups excluding carboxylic acids is 2. The first-order valence-corrected chi connectivity index (χ1v) is 8.86. The normalized spacial score (nSPS) is 10.5. The van der Waals surface area contributed by atoms with Gasteiger partial charge < -0.3 is 15.2 Å². The fourth-order valence-corrected chi connectivity index (χ4v) is 3.61. The summed E-state index contributed by atoms with van der Waals surface area (Å²) < 4.78 is 2.55. The van der Waals surface area contributed by atoms with E-state index < -0.39 is 0 Å². The summed E-state index contributed by atoms with van der Waals surface area (Å²) in [5, 5.41) is 6.53. The highest BCUT2D eigenvalue weighted by molar-refractivity contribution is 9.10. The van der Waals surface area contributed by atoms with Crippen molar-refractivity contribution in [2.45, 2.75) is 0 Å². The molecule has 1 aromatic heterocycles. The second-order valence-electron chi connectivity index (χ2n) is 5.74. The molecule has 26 heavy (non-hydrogen) atoms. The van der Waals surface area contributed by atoms with Gasteiger partial charge in [-0.25, -0.2) is 0 Å². The molecule has 1 heterocycles. The van der Waals surface area contributed by atoms with Crippen LogP contribution in [0.1, 0.15) is 20.8 Å². The zero-order valence-electron chi connectivity index (χ0n) is 14.3. The highest BCUT2D eigenvalue weighted by atomic mass is 79.9. The molecule has 2 N–H and O–H groups in total. The molecular formula is C20H18BrN3O2. The molecule has 0 radical (unpaired) electrons. The van der Waals surface area contributed by atoms with Crippen LogP contribution in [0.5, 0.6) is 0 Å². The minimum atomic E-state index is -0.292. The zero-order chi connectivity index (χ0) is 18.7. The summed E-state index contributed by atoms with van der Waals surface area (Å²) in [6.07, 6.45) is 1.60. The lowest BCUT2D eigenvalue weighted by molar-refractivity contribution is 0.0959. The average molecular weight is 412 g/mol. The van der Waals surface area contributed by atoms with E-state index in [4.69, 9.17) is 0 Å². The maximum absolute atomic E-state index is 12.9. The van der Waals surface area contributed by atoms with E-state index in [0.29, 0.717) is 23.5 Å². The summed E-state index contributed by atoms with van der Waals surface area (Å²) in [5.74, 6) is -0.559. The molecule has 0 aliphatic carbocycles. The van der Waals surface area contributed by atoms with E-state index in [2.05, 4.69) is 33.1 Å². The molecule has 0 atom stereocenters. The van der Waals surface area contributed by atoms with Gasteiger partial charge in [0.15, 0.2) is 0 Å². The highest BCUT2D eigenvalue weighted by Crippen LogP contribution is 2.31. The number of aryl methyl sites for hydroxylation is 1. The van der Waals surface area contributed by atoms with Crippen LogP contribution in [0.15, 0.2) is 65.7 Å². The molecule has 0 unspecified atom stereocenters. The van der Waals surface area contributed by atoms with Gasteiger partial charge in [-0.05, 0) is 34.1 Å². The quantitative estimate of drug-likeness (QED) is 0.620. The van der Waals surface area contributed by atoms with Crippen LogP contribution in [0.25, 0.3) is 10.9 Å². The maximum Gasteiger partial charge on any atom is 0.273 e. The molecule has 2 amide bonds. The van der Waals surface area contributed by atoms with E-state index in [9.17, 15) is 9.59 Å². The number of fused-ring (bicyclic) bond motifs is 1. The average Bonchev–Trinajstić information content (AvgIpc) is 2.91. The molecule has 5 nitrogen and oxygen atoms in total. The third-order valence-corrected chi connectivity index (χ3v) is 4.89. The van der Waals surface area contributed by atoms with Gasteiger partial charge in [0.05, 0.1) is 15.7 Å². The van der Waals surface area contributed by atoms with Gasteiger partial charge in [0.25, 0.3) is 11.8 Å². The first-order chi connectivity index (χ1) is 12.5. The van der Waals surface area contributed by atoms with E-state index in [1.54, 1.807) is 30.3 Å². The first kappa shape index (κ1) is 17.9. The topological polar surface area (TPSA) is 63.1 Å². The smallest absolute Gasteiger partial charge is 0.273 e. The van der Waals surface area contributed by atoms with Gasteiger partial charge in [0.1, 0.15) is 5.69 Å². The van der Waals surface area contributed by atoms with Crippen molar-refractivity contribution in [1.29, 1.82) is 0 Å². The number of carbonyl (C=O) groups is 2. The van der Waals surface area contributed by atoms with Crippen molar-refractivity contribution in [2.24, 2.45) is 7.05 Å². The van der Waals surface area contributed by atoms with Crippen LogP contribution in [0.3, 0.4) is 0 Å². The van der Waals surface area contributed by atoms with Gasteiger partial charge >= 0.3 is 0 Å². The minimum absolute atomic E-state index is 0.267. The Balaban J connectivity index is 1.95. The predicted molar refractivity (Wildman–Crippen MR) is 108 cm³/mol. The summed E-state index contributed by atoms with van der Waals surface area (Å²) in [4.78, 5) is 25.2. The van der Waals surface area contributed by atoms with Gasteiger partial charge in [-0.1, -0.05) is 36.4 Å². The van der Waals surface area contributed by atoms with Crippen LogP contribution in [-0.4, -0.2) is 22.9 Å². The third-order valence-electron chi connectivity index (χ3n) is 4.09. The number of rotatable bonds is 5. The molecule has 6 heteroatoms. The highest BCUT2D eigenvalue weighted by Gasteiger charge is 2.21. The lowest BCUT2D eigenvalue weighted by Crippen LogP contribution is -2.25. The van der Waals surface area contributed by atoms with Crippen molar-refractivity contribution in [1.82, 2.24) is 9.88 Å². The number of halogens is 1. The zero-order valence-corrected chi connectivity index (χ0v) is 15.8. The lowest BCUT2D eigenvalue weighted by atomic mass is 10.1. The Morgan fingerprint density at radius 1 is 1.12 bits per heavy atom. The van der Waals surface area contributed by atoms with Gasteiger partial charge in [-0.3, -0.25) is 9.59 Å². The standard InChI is InChI=1S/C20H18BrN3O2/c1-3-12-22-19(25)13-8-4-6-10-15(13)23-20(26)18-17(21)14-9-5-7-11-16(14)24(18)2/h3-11H,1,12H2,2H3,(H,22,25)(H,23,26). The Morgan fingerprint density at radius 3 is 2.54 bits per heavy atom. The summed E-state index contributed by atoms with van der Waals surface area (Å²) in [6.45, 7) is 3.94.